The van der Waals surface area contributed by atoms with E-state index in [-0.39, 0.29) is 12.1 Å². The van der Waals surface area contributed by atoms with Crippen LogP contribution in [0.25, 0.3) is 0 Å². The van der Waals surface area contributed by atoms with Crippen LogP contribution in [0.1, 0.15) is 19.3 Å². The molecule has 2 rings (SSSR count). The zero-order valence-electron chi connectivity index (χ0n) is 7.82. The summed E-state index contributed by atoms with van der Waals surface area (Å²) in [5.74, 6) is 0.304. The summed E-state index contributed by atoms with van der Waals surface area (Å²) in [6.45, 7) is 1.40. The molecule has 0 aromatic carbocycles. The number of Topliss-reactive ketones (excluding diaryl/α,β-unsaturated/α-hetero) is 1. The topological polar surface area (TPSA) is 40.6 Å². The van der Waals surface area contributed by atoms with Gasteiger partial charge >= 0.3 is 6.03 Å². The van der Waals surface area contributed by atoms with Crippen LogP contribution in [0.15, 0.2) is 0 Å². The number of amides is 2. The van der Waals surface area contributed by atoms with Crippen molar-refractivity contribution in [2.75, 3.05) is 20.1 Å². The van der Waals surface area contributed by atoms with Gasteiger partial charge in [-0.1, -0.05) is 0 Å². The molecule has 0 aromatic rings. The van der Waals surface area contributed by atoms with E-state index < -0.39 is 0 Å². The Morgan fingerprint density at radius 1 is 1.31 bits per heavy atom. The summed E-state index contributed by atoms with van der Waals surface area (Å²) in [6, 6.07) is 0.272. The van der Waals surface area contributed by atoms with Crippen LogP contribution in [0.3, 0.4) is 0 Å². The maximum Gasteiger partial charge on any atom is 0.320 e. The second-order valence-corrected chi connectivity index (χ2v) is 3.83. The Hall–Kier alpha value is -1.06. The summed E-state index contributed by atoms with van der Waals surface area (Å²) >= 11 is 0. The molecule has 0 bridgehead atoms. The number of piperidine rings is 1. The molecule has 1 atom stereocenters. The number of ketones is 1. The smallest absolute Gasteiger partial charge is 0.320 e. The van der Waals surface area contributed by atoms with Crippen molar-refractivity contribution in [2.24, 2.45) is 0 Å². The van der Waals surface area contributed by atoms with Crippen molar-refractivity contribution in [2.45, 2.75) is 25.3 Å². The molecule has 2 aliphatic rings. The molecule has 13 heavy (non-hydrogen) atoms. The van der Waals surface area contributed by atoms with E-state index >= 15 is 0 Å². The first-order valence-corrected chi connectivity index (χ1v) is 4.72. The molecular weight excluding hydrogens is 168 g/mol. The van der Waals surface area contributed by atoms with Gasteiger partial charge in [-0.2, -0.15) is 0 Å². The van der Waals surface area contributed by atoms with Gasteiger partial charge < -0.3 is 9.80 Å². The lowest BCUT2D eigenvalue weighted by molar-refractivity contribution is -0.122. The van der Waals surface area contributed by atoms with Crippen molar-refractivity contribution < 1.29 is 9.59 Å². The summed E-state index contributed by atoms with van der Waals surface area (Å²) in [6.07, 6.45) is 2.05. The van der Waals surface area contributed by atoms with E-state index in [0.717, 1.165) is 13.0 Å². The monoisotopic (exact) mass is 182 g/mol. The molecular formula is C9H14N2O2. The van der Waals surface area contributed by atoms with Crippen LogP contribution in [-0.2, 0) is 4.79 Å². The van der Waals surface area contributed by atoms with Crippen LogP contribution < -0.4 is 0 Å². The number of carbonyl (C=O) groups excluding carboxylic acids is 2. The fourth-order valence-corrected chi connectivity index (χ4v) is 2.07. The average molecular weight is 182 g/mol. The highest BCUT2D eigenvalue weighted by Crippen LogP contribution is 2.22. The predicted octanol–water partition coefficient (Wildman–Crippen LogP) is 0.475. The van der Waals surface area contributed by atoms with E-state index in [4.69, 9.17) is 0 Å². The standard InChI is InChI=1S/C9H14N2O2/c1-10-4-2-7-6-8(12)3-5-11(7)9(10)13/h7H,2-6H2,1H3/t7-/m1/s1. The Morgan fingerprint density at radius 3 is 2.85 bits per heavy atom. The largest absolute Gasteiger partial charge is 0.328 e. The van der Waals surface area contributed by atoms with E-state index in [0.29, 0.717) is 25.2 Å². The molecule has 2 fully saturated rings. The quantitative estimate of drug-likeness (QED) is 0.546. The highest BCUT2D eigenvalue weighted by Gasteiger charge is 2.35. The van der Waals surface area contributed by atoms with Crippen molar-refractivity contribution in [1.82, 2.24) is 9.80 Å². The van der Waals surface area contributed by atoms with Gasteiger partial charge in [0.15, 0.2) is 0 Å². The summed E-state index contributed by atoms with van der Waals surface area (Å²) in [4.78, 5) is 26.3. The van der Waals surface area contributed by atoms with Crippen molar-refractivity contribution in [3.63, 3.8) is 0 Å². The van der Waals surface area contributed by atoms with Gasteiger partial charge in [0.05, 0.1) is 0 Å². The highest BCUT2D eigenvalue weighted by atomic mass is 16.2. The zero-order chi connectivity index (χ0) is 9.42. The molecule has 0 N–H and O–H groups in total. The molecule has 4 heteroatoms. The zero-order valence-corrected chi connectivity index (χ0v) is 7.82. The third-order valence-corrected chi connectivity index (χ3v) is 2.91. The molecule has 2 saturated heterocycles. The van der Waals surface area contributed by atoms with E-state index in [2.05, 4.69) is 0 Å². The molecule has 4 nitrogen and oxygen atoms in total. The van der Waals surface area contributed by atoms with Crippen LogP contribution in [-0.4, -0.2) is 47.8 Å². The van der Waals surface area contributed by atoms with Gasteiger partial charge in [-0.25, -0.2) is 4.79 Å². The maximum atomic E-state index is 11.6. The van der Waals surface area contributed by atoms with Crippen LogP contribution >= 0.6 is 0 Å². The third-order valence-electron chi connectivity index (χ3n) is 2.91. The summed E-state index contributed by atoms with van der Waals surface area (Å²) in [5, 5.41) is 0. The van der Waals surface area contributed by atoms with Gasteiger partial charge in [0.2, 0.25) is 0 Å². The normalized spacial score (nSPS) is 29.2. The van der Waals surface area contributed by atoms with Gasteiger partial charge in [-0.05, 0) is 6.42 Å². The van der Waals surface area contributed by atoms with E-state index in [1.54, 1.807) is 4.90 Å². The number of carbonyl (C=O) groups is 2. The average Bonchev–Trinajstić information content (AvgIpc) is 2.12. The van der Waals surface area contributed by atoms with E-state index in [1.807, 2.05) is 11.9 Å². The molecule has 0 spiro atoms. The number of hydrogen-bond donors (Lipinski definition) is 0. The SMILES string of the molecule is CN1CC[C@@H]2CC(=O)CCN2C1=O. The minimum Gasteiger partial charge on any atom is -0.328 e. The third kappa shape index (κ3) is 1.41. The molecule has 0 aliphatic carbocycles. The lowest BCUT2D eigenvalue weighted by Gasteiger charge is -2.42. The van der Waals surface area contributed by atoms with Crippen molar-refractivity contribution in [1.29, 1.82) is 0 Å². The van der Waals surface area contributed by atoms with Gasteiger partial charge in [-0.3, -0.25) is 4.79 Å². The number of hydrogen-bond acceptors (Lipinski definition) is 2. The highest BCUT2D eigenvalue weighted by molar-refractivity contribution is 5.84. The fourth-order valence-electron chi connectivity index (χ4n) is 2.07. The number of urea groups is 1. The van der Waals surface area contributed by atoms with Crippen LogP contribution in [0.5, 0.6) is 0 Å². The second kappa shape index (κ2) is 3.01. The first kappa shape index (κ1) is 8.53. The van der Waals surface area contributed by atoms with Crippen molar-refractivity contribution in [3.05, 3.63) is 0 Å². The molecule has 2 aliphatic heterocycles. The maximum absolute atomic E-state index is 11.6. The van der Waals surface area contributed by atoms with E-state index in [1.165, 1.54) is 0 Å². The lowest BCUT2D eigenvalue weighted by atomic mass is 9.97. The van der Waals surface area contributed by atoms with Gasteiger partial charge in [0.1, 0.15) is 5.78 Å². The lowest BCUT2D eigenvalue weighted by Crippen LogP contribution is -2.56. The predicted molar refractivity (Wildman–Crippen MR) is 47.4 cm³/mol. The molecule has 0 radical (unpaired) electrons. The molecule has 0 saturated carbocycles. The summed E-state index contributed by atoms with van der Waals surface area (Å²) < 4.78 is 0. The Morgan fingerprint density at radius 2 is 2.08 bits per heavy atom. The Balaban J connectivity index is 2.11. The Kier molecular flexibility index (Phi) is 1.98. The molecule has 2 amide bonds. The van der Waals surface area contributed by atoms with Gasteiger partial charge in [0, 0.05) is 39.0 Å². The van der Waals surface area contributed by atoms with E-state index in [9.17, 15) is 9.59 Å². The van der Waals surface area contributed by atoms with Crippen LogP contribution in [0.2, 0.25) is 0 Å². The molecule has 2 heterocycles. The second-order valence-electron chi connectivity index (χ2n) is 3.83. The van der Waals surface area contributed by atoms with Crippen LogP contribution in [0.4, 0.5) is 4.79 Å². The first-order valence-electron chi connectivity index (χ1n) is 4.72. The number of nitrogens with zero attached hydrogens (tertiary/aromatic N) is 2. The Bertz CT molecular complexity index is 252. The van der Waals surface area contributed by atoms with Crippen molar-refractivity contribution in [3.8, 4) is 0 Å². The minimum absolute atomic E-state index is 0.0868. The van der Waals surface area contributed by atoms with Gasteiger partial charge in [-0.15, -0.1) is 0 Å². The first-order chi connectivity index (χ1) is 6.18. The summed E-state index contributed by atoms with van der Waals surface area (Å²) in [7, 11) is 1.81. The Labute approximate surface area is 77.5 Å². The summed E-state index contributed by atoms with van der Waals surface area (Å²) in [5.41, 5.74) is 0. The van der Waals surface area contributed by atoms with Gasteiger partial charge in [0.25, 0.3) is 0 Å². The number of fused-ring (bicyclic) bond motifs is 1. The molecule has 72 valence electrons. The molecule has 0 unspecified atom stereocenters. The number of rotatable bonds is 0. The van der Waals surface area contributed by atoms with Crippen molar-refractivity contribution >= 4 is 11.8 Å². The minimum atomic E-state index is 0.0868. The van der Waals surface area contributed by atoms with Crippen LogP contribution in [0, 0.1) is 0 Å². The molecule has 0 aromatic heterocycles. The fraction of sp³-hybridized carbons (Fsp3) is 0.778.